The van der Waals surface area contributed by atoms with Gasteiger partial charge in [-0.25, -0.2) is 0 Å². The summed E-state index contributed by atoms with van der Waals surface area (Å²) < 4.78 is 5.23. The molecule has 1 saturated heterocycles. The van der Waals surface area contributed by atoms with Crippen molar-refractivity contribution in [2.24, 2.45) is 5.92 Å². The number of nitrogens with zero attached hydrogens (tertiary/aromatic N) is 3. The molecule has 1 aromatic rings. The van der Waals surface area contributed by atoms with Crippen LogP contribution in [0.2, 0.25) is 0 Å². The molecular formula is C14H21N3O2. The Morgan fingerprint density at radius 1 is 1.37 bits per heavy atom. The summed E-state index contributed by atoms with van der Waals surface area (Å²) in [5.74, 6) is 1.61. The van der Waals surface area contributed by atoms with Crippen LogP contribution in [-0.2, 0) is 11.3 Å². The van der Waals surface area contributed by atoms with Crippen molar-refractivity contribution in [3.05, 3.63) is 17.5 Å². The van der Waals surface area contributed by atoms with Gasteiger partial charge in [-0.1, -0.05) is 11.6 Å². The normalized spacial score (nSPS) is 21.4. The fraction of sp³-hybridized carbons (Fsp3) is 0.714. The zero-order chi connectivity index (χ0) is 13.2. The van der Waals surface area contributed by atoms with Crippen LogP contribution in [0, 0.1) is 12.8 Å². The maximum Gasteiger partial charge on any atom is 0.225 e. The molecule has 2 fully saturated rings. The summed E-state index contributed by atoms with van der Waals surface area (Å²) in [6.07, 6.45) is 3.41. The lowest BCUT2D eigenvalue weighted by molar-refractivity contribution is -0.140. The second kappa shape index (κ2) is 5.33. The lowest BCUT2D eigenvalue weighted by Crippen LogP contribution is -2.50. The third-order valence-electron chi connectivity index (χ3n) is 4.19. The van der Waals surface area contributed by atoms with E-state index >= 15 is 0 Å². The fourth-order valence-electron chi connectivity index (χ4n) is 2.75. The van der Waals surface area contributed by atoms with Crippen LogP contribution in [0.4, 0.5) is 0 Å². The van der Waals surface area contributed by atoms with Gasteiger partial charge in [0.15, 0.2) is 5.76 Å². The molecule has 0 atom stereocenters. The number of hydrogen-bond donors (Lipinski definition) is 0. The Morgan fingerprint density at radius 2 is 2.11 bits per heavy atom. The first-order valence-electron chi connectivity index (χ1n) is 7.16. The summed E-state index contributed by atoms with van der Waals surface area (Å²) in [5.41, 5.74) is 0.925. The van der Waals surface area contributed by atoms with Crippen LogP contribution in [0.25, 0.3) is 0 Å². The first kappa shape index (κ1) is 12.7. The Labute approximate surface area is 113 Å². The second-order valence-electron chi connectivity index (χ2n) is 5.66. The quantitative estimate of drug-likeness (QED) is 0.827. The summed E-state index contributed by atoms with van der Waals surface area (Å²) in [7, 11) is 0. The lowest BCUT2D eigenvalue weighted by Gasteiger charge is -2.37. The molecule has 0 aromatic carbocycles. The molecule has 104 valence electrons. The zero-order valence-electron chi connectivity index (χ0n) is 11.5. The smallest absolute Gasteiger partial charge is 0.225 e. The van der Waals surface area contributed by atoms with Crippen molar-refractivity contribution in [2.45, 2.75) is 32.7 Å². The Kier molecular flexibility index (Phi) is 3.55. The van der Waals surface area contributed by atoms with E-state index in [1.807, 2.05) is 17.9 Å². The fourth-order valence-corrected chi connectivity index (χ4v) is 2.75. The molecule has 19 heavy (non-hydrogen) atoms. The van der Waals surface area contributed by atoms with Crippen molar-refractivity contribution in [3.8, 4) is 0 Å². The van der Waals surface area contributed by atoms with Crippen LogP contribution in [0.15, 0.2) is 10.6 Å². The van der Waals surface area contributed by atoms with Gasteiger partial charge in [-0.05, 0) is 19.8 Å². The van der Waals surface area contributed by atoms with Crippen molar-refractivity contribution < 1.29 is 9.32 Å². The number of piperazine rings is 1. The molecule has 2 heterocycles. The van der Waals surface area contributed by atoms with E-state index in [1.165, 1.54) is 6.42 Å². The van der Waals surface area contributed by atoms with Crippen LogP contribution >= 0.6 is 0 Å². The average molecular weight is 263 g/mol. The molecule has 5 nitrogen and oxygen atoms in total. The monoisotopic (exact) mass is 263 g/mol. The molecule has 2 aliphatic rings. The Bertz CT molecular complexity index is 445. The van der Waals surface area contributed by atoms with Gasteiger partial charge < -0.3 is 9.42 Å². The van der Waals surface area contributed by atoms with Crippen LogP contribution in [0.1, 0.15) is 30.7 Å². The molecule has 0 bridgehead atoms. The predicted octanol–water partition coefficient (Wildman–Crippen LogP) is 1.43. The first-order chi connectivity index (χ1) is 9.22. The van der Waals surface area contributed by atoms with Crippen LogP contribution in [-0.4, -0.2) is 47.0 Å². The highest BCUT2D eigenvalue weighted by Crippen LogP contribution is 2.28. The molecule has 0 spiro atoms. The van der Waals surface area contributed by atoms with Gasteiger partial charge in [0.25, 0.3) is 0 Å². The second-order valence-corrected chi connectivity index (χ2v) is 5.66. The van der Waals surface area contributed by atoms with Gasteiger partial charge in [0, 0.05) is 38.2 Å². The highest BCUT2D eigenvalue weighted by molar-refractivity contribution is 5.79. The van der Waals surface area contributed by atoms with E-state index in [0.717, 1.165) is 57.0 Å². The van der Waals surface area contributed by atoms with Crippen molar-refractivity contribution in [3.63, 3.8) is 0 Å². The van der Waals surface area contributed by atoms with Gasteiger partial charge in [-0.2, -0.15) is 0 Å². The molecule has 0 radical (unpaired) electrons. The van der Waals surface area contributed by atoms with Crippen LogP contribution in [0.3, 0.4) is 0 Å². The van der Waals surface area contributed by atoms with E-state index in [-0.39, 0.29) is 0 Å². The summed E-state index contributed by atoms with van der Waals surface area (Å²) in [6.45, 7) is 6.29. The maximum atomic E-state index is 12.1. The van der Waals surface area contributed by atoms with Crippen molar-refractivity contribution in [2.75, 3.05) is 26.2 Å². The number of aromatic nitrogens is 1. The molecule has 0 N–H and O–H groups in total. The molecule has 1 aliphatic carbocycles. The largest absolute Gasteiger partial charge is 0.360 e. The number of carbonyl (C=O) groups is 1. The maximum absolute atomic E-state index is 12.1. The van der Waals surface area contributed by atoms with E-state index in [0.29, 0.717) is 11.8 Å². The zero-order valence-corrected chi connectivity index (χ0v) is 11.5. The summed E-state index contributed by atoms with van der Waals surface area (Å²) in [5, 5.41) is 3.90. The van der Waals surface area contributed by atoms with Crippen LogP contribution < -0.4 is 0 Å². The van der Waals surface area contributed by atoms with Gasteiger partial charge >= 0.3 is 0 Å². The average Bonchev–Trinajstić information content (AvgIpc) is 2.73. The summed E-state index contributed by atoms with van der Waals surface area (Å²) >= 11 is 0. The molecule has 1 saturated carbocycles. The standard InChI is InChI=1S/C14H21N3O2/c1-11-9-13(19-15-11)10-16-5-7-17(8-6-16)14(18)12-3-2-4-12/h9,12H,2-8,10H2,1H3. The molecule has 1 aliphatic heterocycles. The van der Waals surface area contributed by atoms with E-state index in [2.05, 4.69) is 10.1 Å². The van der Waals surface area contributed by atoms with Gasteiger partial charge in [-0.15, -0.1) is 0 Å². The highest BCUT2D eigenvalue weighted by atomic mass is 16.5. The Balaban J connectivity index is 1.47. The van der Waals surface area contributed by atoms with E-state index in [4.69, 9.17) is 4.52 Å². The minimum atomic E-state index is 0.323. The number of aryl methyl sites for hydroxylation is 1. The van der Waals surface area contributed by atoms with Crippen molar-refractivity contribution in [1.29, 1.82) is 0 Å². The van der Waals surface area contributed by atoms with Gasteiger partial charge in [0.05, 0.1) is 12.2 Å². The van der Waals surface area contributed by atoms with Gasteiger partial charge in [0.2, 0.25) is 5.91 Å². The lowest BCUT2D eigenvalue weighted by atomic mass is 9.84. The SMILES string of the molecule is Cc1cc(CN2CCN(C(=O)C3CCC3)CC2)on1. The molecular weight excluding hydrogens is 242 g/mol. The Morgan fingerprint density at radius 3 is 2.63 bits per heavy atom. The summed E-state index contributed by atoms with van der Waals surface area (Å²) in [4.78, 5) is 16.5. The molecule has 0 unspecified atom stereocenters. The van der Waals surface area contributed by atoms with Gasteiger partial charge in [0.1, 0.15) is 0 Å². The molecule has 5 heteroatoms. The first-order valence-corrected chi connectivity index (χ1v) is 7.16. The third kappa shape index (κ3) is 2.81. The predicted molar refractivity (Wildman–Crippen MR) is 70.4 cm³/mol. The summed E-state index contributed by atoms with van der Waals surface area (Å²) in [6, 6.07) is 1.98. The van der Waals surface area contributed by atoms with Gasteiger partial charge in [-0.3, -0.25) is 9.69 Å². The van der Waals surface area contributed by atoms with E-state index < -0.39 is 0 Å². The topological polar surface area (TPSA) is 49.6 Å². The van der Waals surface area contributed by atoms with Crippen molar-refractivity contribution >= 4 is 5.91 Å². The number of hydrogen-bond acceptors (Lipinski definition) is 4. The molecule has 1 aromatic heterocycles. The number of carbonyl (C=O) groups excluding carboxylic acids is 1. The number of rotatable bonds is 3. The highest BCUT2D eigenvalue weighted by Gasteiger charge is 2.31. The molecule has 1 amide bonds. The van der Waals surface area contributed by atoms with Crippen molar-refractivity contribution in [1.82, 2.24) is 15.0 Å². The minimum absolute atomic E-state index is 0.323. The minimum Gasteiger partial charge on any atom is -0.360 e. The van der Waals surface area contributed by atoms with Crippen LogP contribution in [0.5, 0.6) is 0 Å². The molecule has 3 rings (SSSR count). The van der Waals surface area contributed by atoms with E-state index in [1.54, 1.807) is 0 Å². The number of amides is 1. The van der Waals surface area contributed by atoms with E-state index in [9.17, 15) is 4.79 Å². The third-order valence-corrected chi connectivity index (χ3v) is 4.19. The Hall–Kier alpha value is -1.36.